The first-order valence-electron chi connectivity index (χ1n) is 6.75. The van der Waals surface area contributed by atoms with Crippen LogP contribution in [0.4, 0.5) is 0 Å². The predicted molar refractivity (Wildman–Crippen MR) is 73.0 cm³/mol. The van der Waals surface area contributed by atoms with E-state index in [2.05, 4.69) is 0 Å². The van der Waals surface area contributed by atoms with Gasteiger partial charge in [-0.1, -0.05) is 30.3 Å². The van der Waals surface area contributed by atoms with Gasteiger partial charge in [0, 0.05) is 19.1 Å². The number of nitrogens with zero attached hydrogens (tertiary/aromatic N) is 1. The summed E-state index contributed by atoms with van der Waals surface area (Å²) in [5.74, 6) is 0.226. The minimum absolute atomic E-state index is 0.174. The molecule has 18 heavy (non-hydrogen) atoms. The molecule has 0 saturated heterocycles. The molecule has 0 radical (unpaired) electrons. The fourth-order valence-corrected chi connectivity index (χ4v) is 2.60. The number of carbonyl (C=O) groups is 1. The van der Waals surface area contributed by atoms with E-state index in [1.54, 1.807) is 0 Å². The average Bonchev–Trinajstić information content (AvgIpc) is 3.21. The van der Waals surface area contributed by atoms with Gasteiger partial charge in [0.15, 0.2) is 0 Å². The zero-order valence-corrected chi connectivity index (χ0v) is 11.2. The van der Waals surface area contributed by atoms with Crippen molar-refractivity contribution in [2.24, 2.45) is 11.1 Å². The molecule has 0 aromatic heterocycles. The normalized spacial score (nSPS) is 18.2. The van der Waals surface area contributed by atoms with Gasteiger partial charge in [0.1, 0.15) is 0 Å². The third-order valence-corrected chi connectivity index (χ3v) is 4.02. The molecule has 0 spiro atoms. The van der Waals surface area contributed by atoms with Crippen molar-refractivity contribution in [3.05, 3.63) is 35.9 Å². The maximum atomic E-state index is 12.6. The smallest absolute Gasteiger partial charge is 0.230 e. The second kappa shape index (κ2) is 5.11. The molecule has 2 N–H and O–H groups in total. The van der Waals surface area contributed by atoms with Gasteiger partial charge in [-0.25, -0.2) is 0 Å². The van der Waals surface area contributed by atoms with Gasteiger partial charge in [0.2, 0.25) is 5.91 Å². The van der Waals surface area contributed by atoms with Crippen LogP contribution in [0, 0.1) is 5.41 Å². The van der Waals surface area contributed by atoms with E-state index in [1.165, 1.54) is 0 Å². The minimum atomic E-state index is -0.340. The Morgan fingerprint density at radius 1 is 1.28 bits per heavy atom. The Morgan fingerprint density at radius 2 is 1.83 bits per heavy atom. The maximum Gasteiger partial charge on any atom is 0.230 e. The van der Waals surface area contributed by atoms with E-state index in [0.29, 0.717) is 0 Å². The molecule has 0 bridgehead atoms. The molecule has 0 heterocycles. The fourth-order valence-electron chi connectivity index (χ4n) is 2.60. The van der Waals surface area contributed by atoms with E-state index in [4.69, 9.17) is 5.73 Å². The van der Waals surface area contributed by atoms with Gasteiger partial charge in [-0.2, -0.15) is 0 Å². The molecule has 2 rings (SSSR count). The van der Waals surface area contributed by atoms with E-state index < -0.39 is 0 Å². The summed E-state index contributed by atoms with van der Waals surface area (Å²) in [6.45, 7) is 5.56. The molecule has 1 atom stereocenters. The van der Waals surface area contributed by atoms with E-state index in [9.17, 15) is 4.79 Å². The molecule has 1 aliphatic carbocycles. The Balaban J connectivity index is 2.19. The summed E-state index contributed by atoms with van der Waals surface area (Å²) in [6.07, 6.45) is 1.83. The lowest BCUT2D eigenvalue weighted by Gasteiger charge is -2.29. The van der Waals surface area contributed by atoms with Crippen LogP contribution < -0.4 is 5.73 Å². The summed E-state index contributed by atoms with van der Waals surface area (Å²) in [6, 6.07) is 9.79. The Kier molecular flexibility index (Phi) is 3.71. The van der Waals surface area contributed by atoms with Gasteiger partial charge in [-0.3, -0.25) is 4.79 Å². The third kappa shape index (κ3) is 2.15. The number of benzene rings is 1. The predicted octanol–water partition coefficient (Wildman–Crippen LogP) is 2.33. The SMILES string of the molecule is CCN(CC)C(=O)C1(C(N)c2ccccc2)CC1. The topological polar surface area (TPSA) is 46.3 Å². The first-order chi connectivity index (χ1) is 8.65. The number of hydrogen-bond donors (Lipinski definition) is 1. The number of amides is 1. The van der Waals surface area contributed by atoms with Crippen LogP contribution in [0.5, 0.6) is 0 Å². The van der Waals surface area contributed by atoms with Crippen molar-refractivity contribution in [3.8, 4) is 0 Å². The van der Waals surface area contributed by atoms with E-state index in [1.807, 2.05) is 49.1 Å². The van der Waals surface area contributed by atoms with E-state index >= 15 is 0 Å². The molecule has 1 aromatic carbocycles. The summed E-state index contributed by atoms with van der Waals surface area (Å²) < 4.78 is 0. The van der Waals surface area contributed by atoms with Gasteiger partial charge in [0.05, 0.1) is 5.41 Å². The van der Waals surface area contributed by atoms with Crippen molar-refractivity contribution < 1.29 is 4.79 Å². The Hall–Kier alpha value is -1.35. The fraction of sp³-hybridized carbons (Fsp3) is 0.533. The standard InChI is InChI=1S/C15H22N2O/c1-3-17(4-2)14(18)15(10-11-15)13(16)12-8-6-5-7-9-12/h5-9,13H,3-4,10-11,16H2,1-2H3. The quantitative estimate of drug-likeness (QED) is 0.866. The molecule has 98 valence electrons. The molecule has 1 aromatic rings. The summed E-state index contributed by atoms with van der Waals surface area (Å²) in [5, 5.41) is 0. The van der Waals surface area contributed by atoms with Crippen molar-refractivity contribution in [1.29, 1.82) is 0 Å². The average molecular weight is 246 g/mol. The lowest BCUT2D eigenvalue weighted by molar-refractivity contribution is -0.137. The monoisotopic (exact) mass is 246 g/mol. The molecule has 1 saturated carbocycles. The summed E-state index contributed by atoms with van der Waals surface area (Å²) in [4.78, 5) is 14.4. The van der Waals surface area contributed by atoms with Gasteiger partial charge in [0.25, 0.3) is 0 Å². The van der Waals surface area contributed by atoms with Crippen molar-refractivity contribution in [2.75, 3.05) is 13.1 Å². The van der Waals surface area contributed by atoms with Crippen LogP contribution in [-0.4, -0.2) is 23.9 Å². The summed E-state index contributed by atoms with van der Waals surface area (Å²) in [7, 11) is 0. The van der Waals surface area contributed by atoms with Crippen molar-refractivity contribution in [1.82, 2.24) is 4.90 Å². The number of rotatable bonds is 5. The van der Waals surface area contributed by atoms with Crippen molar-refractivity contribution in [3.63, 3.8) is 0 Å². The highest BCUT2D eigenvalue weighted by molar-refractivity contribution is 5.86. The molecule has 0 aliphatic heterocycles. The molecule has 1 aliphatic rings. The van der Waals surface area contributed by atoms with Crippen LogP contribution in [0.2, 0.25) is 0 Å². The number of nitrogens with two attached hydrogens (primary N) is 1. The highest BCUT2D eigenvalue weighted by atomic mass is 16.2. The van der Waals surface area contributed by atoms with Crippen LogP contribution in [0.3, 0.4) is 0 Å². The van der Waals surface area contributed by atoms with E-state index in [0.717, 1.165) is 31.5 Å². The Labute approximate surface area is 109 Å². The molecular weight excluding hydrogens is 224 g/mol. The zero-order valence-electron chi connectivity index (χ0n) is 11.2. The molecular formula is C15H22N2O. The Bertz CT molecular complexity index is 408. The summed E-state index contributed by atoms with van der Waals surface area (Å²) in [5.41, 5.74) is 7.06. The Morgan fingerprint density at radius 3 is 2.28 bits per heavy atom. The van der Waals surface area contributed by atoms with Gasteiger partial charge >= 0.3 is 0 Å². The van der Waals surface area contributed by atoms with Crippen LogP contribution in [0.25, 0.3) is 0 Å². The van der Waals surface area contributed by atoms with Gasteiger partial charge < -0.3 is 10.6 Å². The largest absolute Gasteiger partial charge is 0.343 e. The lowest BCUT2D eigenvalue weighted by Crippen LogP contribution is -2.41. The number of hydrogen-bond acceptors (Lipinski definition) is 2. The lowest BCUT2D eigenvalue weighted by atomic mass is 9.89. The van der Waals surface area contributed by atoms with Gasteiger partial charge in [-0.15, -0.1) is 0 Å². The van der Waals surface area contributed by atoms with Crippen molar-refractivity contribution >= 4 is 5.91 Å². The third-order valence-electron chi connectivity index (χ3n) is 4.02. The zero-order chi connectivity index (χ0) is 13.2. The second-order valence-electron chi connectivity index (χ2n) is 5.02. The maximum absolute atomic E-state index is 12.6. The highest BCUT2D eigenvalue weighted by Crippen LogP contribution is 2.55. The first kappa shape index (κ1) is 13.1. The van der Waals surface area contributed by atoms with Crippen LogP contribution in [0.15, 0.2) is 30.3 Å². The molecule has 3 nitrogen and oxygen atoms in total. The first-order valence-corrected chi connectivity index (χ1v) is 6.75. The molecule has 1 fully saturated rings. The minimum Gasteiger partial charge on any atom is -0.343 e. The van der Waals surface area contributed by atoms with Crippen molar-refractivity contribution in [2.45, 2.75) is 32.7 Å². The second-order valence-corrected chi connectivity index (χ2v) is 5.02. The van der Waals surface area contributed by atoms with Crippen LogP contribution in [-0.2, 0) is 4.79 Å². The van der Waals surface area contributed by atoms with Gasteiger partial charge in [-0.05, 0) is 32.3 Å². The van der Waals surface area contributed by atoms with Crippen LogP contribution >= 0.6 is 0 Å². The summed E-state index contributed by atoms with van der Waals surface area (Å²) >= 11 is 0. The van der Waals surface area contributed by atoms with Crippen LogP contribution in [0.1, 0.15) is 38.3 Å². The molecule has 1 unspecified atom stereocenters. The van der Waals surface area contributed by atoms with E-state index in [-0.39, 0.29) is 17.4 Å². The molecule has 3 heteroatoms. The number of carbonyl (C=O) groups excluding carboxylic acids is 1. The highest BCUT2D eigenvalue weighted by Gasteiger charge is 2.55. The molecule has 1 amide bonds.